The molecule has 2 nitrogen and oxygen atoms in total. The van der Waals surface area contributed by atoms with Gasteiger partial charge in [0.2, 0.25) is 0 Å². The van der Waals surface area contributed by atoms with Crippen molar-refractivity contribution in [2.45, 2.75) is 141 Å². The predicted octanol–water partition coefficient (Wildman–Crippen LogP) is 8.22. The zero-order valence-corrected chi connectivity index (χ0v) is 18.7. The van der Waals surface area contributed by atoms with Crippen LogP contribution in [0.15, 0.2) is 0 Å². The lowest BCUT2D eigenvalue weighted by molar-refractivity contribution is 0.113. The lowest BCUT2D eigenvalue weighted by Crippen LogP contribution is -2.02. The van der Waals surface area contributed by atoms with Gasteiger partial charge in [-0.25, -0.2) is 0 Å². The topological polar surface area (TPSA) is 21.8 Å². The van der Waals surface area contributed by atoms with Crippen molar-refractivity contribution in [3.8, 4) is 0 Å². The van der Waals surface area contributed by atoms with E-state index in [1.807, 2.05) is 0 Å². The summed E-state index contributed by atoms with van der Waals surface area (Å²) < 4.78 is 10.7. The van der Waals surface area contributed by atoms with Gasteiger partial charge >= 0.3 is 0 Å². The molecule has 0 aliphatic carbocycles. The molecule has 2 heteroatoms. The first-order chi connectivity index (χ1) is 13.4. The van der Waals surface area contributed by atoms with Crippen LogP contribution in [0.25, 0.3) is 0 Å². The van der Waals surface area contributed by atoms with Gasteiger partial charge in [-0.2, -0.15) is 0 Å². The fourth-order valence-electron chi connectivity index (χ4n) is 3.84. The summed E-state index contributed by atoms with van der Waals surface area (Å²) >= 11 is 0. The van der Waals surface area contributed by atoms with Gasteiger partial charge in [-0.1, -0.05) is 129 Å². The molecule has 1 saturated heterocycles. The maximum absolute atomic E-state index is 5.57. The van der Waals surface area contributed by atoms with Crippen LogP contribution in [0.3, 0.4) is 0 Å². The maximum atomic E-state index is 5.57. The Morgan fingerprint density at radius 1 is 0.556 bits per heavy atom. The lowest BCUT2D eigenvalue weighted by Gasteiger charge is -2.04. The minimum Gasteiger partial charge on any atom is -0.379 e. The van der Waals surface area contributed by atoms with Crippen LogP contribution in [0.4, 0.5) is 0 Å². The highest BCUT2D eigenvalue weighted by molar-refractivity contribution is 4.67. The van der Waals surface area contributed by atoms with E-state index in [1.54, 1.807) is 0 Å². The zero-order chi connectivity index (χ0) is 19.3. The van der Waals surface area contributed by atoms with Gasteiger partial charge in [-0.05, 0) is 6.42 Å². The van der Waals surface area contributed by atoms with Crippen molar-refractivity contribution in [1.82, 2.24) is 0 Å². The Hall–Kier alpha value is -0.0800. The van der Waals surface area contributed by atoms with Crippen molar-refractivity contribution in [1.29, 1.82) is 0 Å². The molecule has 1 aliphatic heterocycles. The van der Waals surface area contributed by atoms with Gasteiger partial charge < -0.3 is 9.47 Å². The van der Waals surface area contributed by atoms with Gasteiger partial charge in [0.1, 0.15) is 6.10 Å². The molecule has 1 unspecified atom stereocenters. The fraction of sp³-hybridized carbons (Fsp3) is 1.00. The van der Waals surface area contributed by atoms with Gasteiger partial charge in [0.15, 0.2) is 0 Å². The van der Waals surface area contributed by atoms with Gasteiger partial charge in [-0.15, -0.1) is 0 Å². The van der Waals surface area contributed by atoms with Crippen LogP contribution in [-0.2, 0) is 9.47 Å². The first-order valence-electron chi connectivity index (χ1n) is 12.6. The Balaban J connectivity index is 1.59. The van der Waals surface area contributed by atoms with Crippen LogP contribution in [-0.4, -0.2) is 25.9 Å². The first kappa shape index (κ1) is 25.0. The average molecular weight is 383 g/mol. The highest BCUT2D eigenvalue weighted by atomic mass is 16.6. The molecule has 1 rings (SSSR count). The normalized spacial score (nSPS) is 16.1. The summed E-state index contributed by atoms with van der Waals surface area (Å²) in [5.41, 5.74) is 0. The molecule has 1 aliphatic rings. The van der Waals surface area contributed by atoms with Crippen molar-refractivity contribution < 1.29 is 9.47 Å². The number of epoxide rings is 1. The summed E-state index contributed by atoms with van der Waals surface area (Å²) in [6.45, 7) is 4.96. The molecule has 0 aromatic rings. The predicted molar refractivity (Wildman–Crippen MR) is 119 cm³/mol. The highest BCUT2D eigenvalue weighted by Crippen LogP contribution is 2.15. The van der Waals surface area contributed by atoms with Crippen LogP contribution in [0, 0.1) is 0 Å². The summed E-state index contributed by atoms with van der Waals surface area (Å²) in [5.74, 6) is 0. The van der Waals surface area contributed by atoms with E-state index in [2.05, 4.69) is 6.92 Å². The van der Waals surface area contributed by atoms with Crippen LogP contribution < -0.4 is 0 Å². The van der Waals surface area contributed by atoms with E-state index < -0.39 is 0 Å². The lowest BCUT2D eigenvalue weighted by atomic mass is 10.0. The van der Waals surface area contributed by atoms with E-state index in [1.165, 1.54) is 128 Å². The van der Waals surface area contributed by atoms with Crippen molar-refractivity contribution in [3.05, 3.63) is 0 Å². The zero-order valence-electron chi connectivity index (χ0n) is 18.7. The molecule has 0 spiro atoms. The smallest absolute Gasteiger partial charge is 0.104 e. The van der Waals surface area contributed by atoms with Gasteiger partial charge in [0.05, 0.1) is 13.2 Å². The van der Waals surface area contributed by atoms with E-state index in [0.29, 0.717) is 6.10 Å². The number of hydrogen-bond acceptors (Lipinski definition) is 2. The fourth-order valence-corrected chi connectivity index (χ4v) is 3.84. The van der Waals surface area contributed by atoms with E-state index in [-0.39, 0.29) is 0 Å². The molecule has 27 heavy (non-hydrogen) atoms. The molecule has 0 N–H and O–H groups in total. The van der Waals surface area contributed by atoms with Gasteiger partial charge in [0, 0.05) is 6.61 Å². The van der Waals surface area contributed by atoms with Crippen molar-refractivity contribution in [2.24, 2.45) is 0 Å². The summed E-state index contributed by atoms with van der Waals surface area (Å²) in [5, 5.41) is 0. The third-order valence-corrected chi connectivity index (χ3v) is 5.85. The molecule has 0 radical (unpaired) electrons. The number of hydrogen-bond donors (Lipinski definition) is 0. The molecule has 0 aromatic carbocycles. The maximum Gasteiger partial charge on any atom is 0.104 e. The second-order valence-electron chi connectivity index (χ2n) is 8.75. The van der Waals surface area contributed by atoms with Gasteiger partial charge in [0.25, 0.3) is 0 Å². The van der Waals surface area contributed by atoms with E-state index >= 15 is 0 Å². The molecule has 0 bridgehead atoms. The average Bonchev–Trinajstić information content (AvgIpc) is 3.50. The first-order valence-corrected chi connectivity index (χ1v) is 12.6. The second kappa shape index (κ2) is 20.6. The summed E-state index contributed by atoms with van der Waals surface area (Å²) in [6, 6.07) is 0. The monoisotopic (exact) mass is 382 g/mol. The summed E-state index contributed by atoms with van der Waals surface area (Å²) in [7, 11) is 0. The molecule has 162 valence electrons. The standard InChI is InChI=1S/C25H50O2/c1-2-3-4-5-6-7-8-9-10-11-12-13-14-15-16-17-18-19-20-21-22-26-23-25-24-27-25/h25H,2-24H2,1H3. The van der Waals surface area contributed by atoms with Crippen LogP contribution in [0.5, 0.6) is 0 Å². The van der Waals surface area contributed by atoms with Crippen LogP contribution in [0.2, 0.25) is 0 Å². The Morgan fingerprint density at radius 3 is 1.22 bits per heavy atom. The third-order valence-electron chi connectivity index (χ3n) is 5.85. The molecule has 0 amide bonds. The van der Waals surface area contributed by atoms with E-state index in [4.69, 9.17) is 9.47 Å². The number of rotatable bonds is 23. The Bertz CT molecular complexity index is 275. The van der Waals surface area contributed by atoms with E-state index in [0.717, 1.165) is 19.8 Å². The van der Waals surface area contributed by atoms with E-state index in [9.17, 15) is 0 Å². The molecule has 0 saturated carbocycles. The van der Waals surface area contributed by atoms with Crippen LogP contribution >= 0.6 is 0 Å². The minimum atomic E-state index is 0.426. The van der Waals surface area contributed by atoms with Crippen molar-refractivity contribution in [2.75, 3.05) is 19.8 Å². The SMILES string of the molecule is CCCCCCCCCCCCCCCCCCCCCCOCC1CO1. The van der Waals surface area contributed by atoms with Crippen molar-refractivity contribution in [3.63, 3.8) is 0 Å². The molecule has 1 atom stereocenters. The summed E-state index contributed by atoms with van der Waals surface area (Å²) in [4.78, 5) is 0. The molecule has 1 heterocycles. The second-order valence-corrected chi connectivity index (χ2v) is 8.75. The Morgan fingerprint density at radius 2 is 0.889 bits per heavy atom. The van der Waals surface area contributed by atoms with Gasteiger partial charge in [-0.3, -0.25) is 0 Å². The quantitative estimate of drug-likeness (QED) is 0.131. The number of unbranched alkanes of at least 4 members (excludes halogenated alkanes) is 19. The Kier molecular flexibility index (Phi) is 19.1. The molecular weight excluding hydrogens is 332 g/mol. The molecular formula is C25H50O2. The molecule has 0 aromatic heterocycles. The largest absolute Gasteiger partial charge is 0.379 e. The minimum absolute atomic E-state index is 0.426. The highest BCUT2D eigenvalue weighted by Gasteiger charge is 2.21. The third kappa shape index (κ3) is 20.5. The van der Waals surface area contributed by atoms with Crippen LogP contribution in [0.1, 0.15) is 135 Å². The summed E-state index contributed by atoms with van der Waals surface area (Å²) in [6.07, 6.45) is 29.2. The number of ether oxygens (including phenoxy) is 2. The Labute approximate surface area is 171 Å². The molecule has 1 fully saturated rings. The van der Waals surface area contributed by atoms with Crippen molar-refractivity contribution >= 4 is 0 Å².